The van der Waals surface area contributed by atoms with Gasteiger partial charge >= 0.3 is 0 Å². The topological polar surface area (TPSA) is 40.9 Å². The van der Waals surface area contributed by atoms with Crippen molar-refractivity contribution in [2.45, 2.75) is 6.92 Å². The van der Waals surface area contributed by atoms with Gasteiger partial charge in [0.05, 0.1) is 15.7 Å². The molecule has 3 rings (SSSR count). The van der Waals surface area contributed by atoms with Gasteiger partial charge in [0.25, 0.3) is 5.91 Å². The molecule has 0 saturated carbocycles. The highest BCUT2D eigenvalue weighted by Crippen LogP contribution is 2.25. The standard InChI is InChI=1S/C14H16Cl2N4O/c1-9-12(14(21)19-5-3-18(2)4-6-19)20-8-10(15)7-11(16)13(20)17-9/h7-8H,3-6H2,1-2H3. The third kappa shape index (κ3) is 2.61. The second-order valence-electron chi connectivity index (χ2n) is 5.34. The molecule has 1 fully saturated rings. The summed E-state index contributed by atoms with van der Waals surface area (Å²) in [5, 5.41) is 0.931. The molecule has 1 amide bonds. The van der Waals surface area contributed by atoms with Gasteiger partial charge in [0.2, 0.25) is 0 Å². The van der Waals surface area contributed by atoms with Crippen LogP contribution in [0.1, 0.15) is 16.2 Å². The van der Waals surface area contributed by atoms with Crippen LogP contribution in [-0.4, -0.2) is 58.3 Å². The van der Waals surface area contributed by atoms with Gasteiger partial charge in [-0.05, 0) is 20.0 Å². The van der Waals surface area contributed by atoms with Crippen molar-refractivity contribution in [1.29, 1.82) is 0 Å². The Morgan fingerprint density at radius 3 is 2.57 bits per heavy atom. The van der Waals surface area contributed by atoms with Crippen molar-refractivity contribution < 1.29 is 4.79 Å². The number of aromatic nitrogens is 2. The molecule has 0 aliphatic carbocycles. The summed E-state index contributed by atoms with van der Waals surface area (Å²) in [6.45, 7) is 5.01. The van der Waals surface area contributed by atoms with Gasteiger partial charge < -0.3 is 9.80 Å². The zero-order chi connectivity index (χ0) is 15.1. The number of hydrogen-bond donors (Lipinski definition) is 0. The predicted octanol–water partition coefficient (Wildman–Crippen LogP) is 2.34. The largest absolute Gasteiger partial charge is 0.335 e. The molecule has 0 radical (unpaired) electrons. The van der Waals surface area contributed by atoms with Crippen molar-refractivity contribution in [3.8, 4) is 0 Å². The fraction of sp³-hybridized carbons (Fsp3) is 0.429. The molecule has 1 saturated heterocycles. The molecule has 2 aromatic rings. The van der Waals surface area contributed by atoms with Gasteiger partial charge in [-0.2, -0.15) is 0 Å². The smallest absolute Gasteiger partial charge is 0.272 e. The predicted molar refractivity (Wildman–Crippen MR) is 83.3 cm³/mol. The number of fused-ring (bicyclic) bond motifs is 1. The van der Waals surface area contributed by atoms with Crippen LogP contribution in [0, 0.1) is 6.92 Å². The SMILES string of the molecule is Cc1nc2c(Cl)cc(Cl)cn2c1C(=O)N1CCN(C)CC1. The number of halogens is 2. The van der Waals surface area contributed by atoms with Crippen LogP contribution in [0.25, 0.3) is 5.65 Å². The molecule has 5 nitrogen and oxygen atoms in total. The molecule has 1 aliphatic rings. The van der Waals surface area contributed by atoms with Gasteiger partial charge in [-0.1, -0.05) is 23.2 Å². The highest BCUT2D eigenvalue weighted by Gasteiger charge is 2.25. The molecule has 0 bridgehead atoms. The van der Waals surface area contributed by atoms with Crippen molar-refractivity contribution in [3.05, 3.63) is 33.7 Å². The van der Waals surface area contributed by atoms with E-state index in [0.29, 0.717) is 27.1 Å². The maximum Gasteiger partial charge on any atom is 0.272 e. The monoisotopic (exact) mass is 326 g/mol. The van der Waals surface area contributed by atoms with Crippen molar-refractivity contribution >= 4 is 34.8 Å². The first-order valence-electron chi connectivity index (χ1n) is 6.79. The average molecular weight is 327 g/mol. The van der Waals surface area contributed by atoms with E-state index in [1.807, 2.05) is 11.8 Å². The summed E-state index contributed by atoms with van der Waals surface area (Å²) in [6.07, 6.45) is 1.69. The summed E-state index contributed by atoms with van der Waals surface area (Å²) in [5.74, 6) is -0.0218. The zero-order valence-electron chi connectivity index (χ0n) is 11.9. The van der Waals surface area contributed by atoms with Crippen LogP contribution in [0.15, 0.2) is 12.3 Å². The average Bonchev–Trinajstić information content (AvgIpc) is 2.75. The molecule has 3 heterocycles. The summed E-state index contributed by atoms with van der Waals surface area (Å²) >= 11 is 12.2. The minimum atomic E-state index is -0.0218. The quantitative estimate of drug-likeness (QED) is 0.807. The molecule has 21 heavy (non-hydrogen) atoms. The molecule has 0 atom stereocenters. The molecule has 0 N–H and O–H groups in total. The zero-order valence-corrected chi connectivity index (χ0v) is 13.4. The van der Waals surface area contributed by atoms with Crippen molar-refractivity contribution in [3.63, 3.8) is 0 Å². The van der Waals surface area contributed by atoms with Crippen molar-refractivity contribution in [2.75, 3.05) is 33.2 Å². The van der Waals surface area contributed by atoms with Gasteiger partial charge in [0.1, 0.15) is 5.69 Å². The fourth-order valence-electron chi connectivity index (χ4n) is 2.60. The van der Waals surface area contributed by atoms with Crippen molar-refractivity contribution in [2.24, 2.45) is 0 Å². The van der Waals surface area contributed by atoms with E-state index in [-0.39, 0.29) is 5.91 Å². The van der Waals surface area contributed by atoms with Crippen LogP contribution >= 0.6 is 23.2 Å². The second kappa shape index (κ2) is 5.48. The maximum atomic E-state index is 12.8. The van der Waals surface area contributed by atoms with Crippen LogP contribution in [0.4, 0.5) is 0 Å². The second-order valence-corrected chi connectivity index (χ2v) is 6.18. The Bertz CT molecular complexity index is 705. The van der Waals surface area contributed by atoms with E-state index in [2.05, 4.69) is 16.9 Å². The molecule has 0 spiro atoms. The lowest BCUT2D eigenvalue weighted by Crippen LogP contribution is -2.47. The molecule has 0 aromatic carbocycles. The Morgan fingerprint density at radius 2 is 1.90 bits per heavy atom. The summed E-state index contributed by atoms with van der Waals surface area (Å²) in [4.78, 5) is 21.2. The van der Waals surface area contributed by atoms with Crippen LogP contribution in [-0.2, 0) is 0 Å². The summed E-state index contributed by atoms with van der Waals surface area (Å²) in [7, 11) is 2.06. The summed E-state index contributed by atoms with van der Waals surface area (Å²) in [6, 6.07) is 1.63. The van der Waals surface area contributed by atoms with Gasteiger partial charge in [0.15, 0.2) is 5.65 Å². The van der Waals surface area contributed by atoms with Gasteiger partial charge in [-0.25, -0.2) is 4.98 Å². The normalized spacial score (nSPS) is 16.7. The third-order valence-electron chi connectivity index (χ3n) is 3.81. The van der Waals surface area contributed by atoms with E-state index in [0.717, 1.165) is 26.2 Å². The Morgan fingerprint density at radius 1 is 1.24 bits per heavy atom. The molecule has 1 aliphatic heterocycles. The van der Waals surface area contributed by atoms with E-state index in [1.165, 1.54) is 0 Å². The Balaban J connectivity index is 2.03. The number of carbonyl (C=O) groups is 1. The number of pyridine rings is 1. The molecular weight excluding hydrogens is 311 g/mol. The summed E-state index contributed by atoms with van der Waals surface area (Å²) < 4.78 is 1.70. The Hall–Kier alpha value is -1.30. The number of nitrogens with zero attached hydrogens (tertiary/aromatic N) is 4. The number of aryl methyl sites for hydroxylation is 1. The number of imidazole rings is 1. The minimum absolute atomic E-state index is 0.0218. The number of piperazine rings is 1. The van der Waals surface area contributed by atoms with Crippen molar-refractivity contribution in [1.82, 2.24) is 19.2 Å². The van der Waals surface area contributed by atoms with Gasteiger partial charge in [0, 0.05) is 32.4 Å². The molecule has 7 heteroatoms. The van der Waals surface area contributed by atoms with E-state index in [1.54, 1.807) is 16.7 Å². The lowest BCUT2D eigenvalue weighted by molar-refractivity contribution is 0.0656. The number of hydrogen-bond acceptors (Lipinski definition) is 3. The molecule has 0 unspecified atom stereocenters. The number of amides is 1. The highest BCUT2D eigenvalue weighted by atomic mass is 35.5. The first-order chi connectivity index (χ1) is 9.97. The number of likely N-dealkylation sites (N-methyl/N-ethyl adjacent to an activating group) is 1. The molecular formula is C14H16Cl2N4O. The minimum Gasteiger partial charge on any atom is -0.335 e. The maximum absolute atomic E-state index is 12.8. The number of carbonyl (C=O) groups excluding carboxylic acids is 1. The Labute approximate surface area is 133 Å². The lowest BCUT2D eigenvalue weighted by Gasteiger charge is -2.32. The molecule has 112 valence electrons. The van der Waals surface area contributed by atoms with Crippen LogP contribution in [0.3, 0.4) is 0 Å². The first-order valence-corrected chi connectivity index (χ1v) is 7.54. The van der Waals surface area contributed by atoms with E-state index in [4.69, 9.17) is 23.2 Å². The van der Waals surface area contributed by atoms with Crippen LogP contribution in [0.5, 0.6) is 0 Å². The summed E-state index contributed by atoms with van der Waals surface area (Å²) in [5.41, 5.74) is 1.78. The van der Waals surface area contributed by atoms with E-state index in [9.17, 15) is 4.79 Å². The highest BCUT2D eigenvalue weighted by molar-refractivity contribution is 6.36. The van der Waals surface area contributed by atoms with Gasteiger partial charge in [-0.15, -0.1) is 0 Å². The van der Waals surface area contributed by atoms with E-state index >= 15 is 0 Å². The van der Waals surface area contributed by atoms with Crippen LogP contribution in [0.2, 0.25) is 10.0 Å². The molecule has 2 aromatic heterocycles. The fourth-order valence-corrected chi connectivity index (χ4v) is 3.12. The Kier molecular flexibility index (Phi) is 3.82. The van der Waals surface area contributed by atoms with Crippen LogP contribution < -0.4 is 0 Å². The van der Waals surface area contributed by atoms with Gasteiger partial charge in [-0.3, -0.25) is 9.20 Å². The first kappa shape index (κ1) is 14.6. The lowest BCUT2D eigenvalue weighted by atomic mass is 10.2. The number of rotatable bonds is 1. The van der Waals surface area contributed by atoms with E-state index < -0.39 is 0 Å². The third-order valence-corrected chi connectivity index (χ3v) is 4.29.